The maximum atomic E-state index is 5.54. The summed E-state index contributed by atoms with van der Waals surface area (Å²) in [6, 6.07) is 1.64. The summed E-state index contributed by atoms with van der Waals surface area (Å²) in [6.07, 6.45) is 6.87. The fourth-order valence-corrected chi connectivity index (χ4v) is 3.98. The fourth-order valence-electron chi connectivity index (χ4n) is 3.98. The van der Waals surface area contributed by atoms with E-state index in [2.05, 4.69) is 16.7 Å². The molecule has 104 valence electrons. The van der Waals surface area contributed by atoms with E-state index in [1.807, 2.05) is 0 Å². The van der Waals surface area contributed by atoms with Crippen molar-refractivity contribution in [1.82, 2.24) is 9.80 Å². The van der Waals surface area contributed by atoms with Gasteiger partial charge in [0.25, 0.3) is 0 Å². The number of hydrogen-bond donors (Lipinski definition) is 0. The molecule has 3 saturated heterocycles. The zero-order chi connectivity index (χ0) is 12.4. The lowest BCUT2D eigenvalue weighted by molar-refractivity contribution is -0.000596. The van der Waals surface area contributed by atoms with Gasteiger partial charge in [-0.15, -0.1) is 0 Å². The van der Waals surface area contributed by atoms with Crippen LogP contribution in [0.2, 0.25) is 0 Å². The summed E-state index contributed by atoms with van der Waals surface area (Å²) in [7, 11) is 0. The van der Waals surface area contributed by atoms with Crippen LogP contribution in [0, 0.1) is 5.92 Å². The lowest BCUT2D eigenvalue weighted by Crippen LogP contribution is -2.60. The van der Waals surface area contributed by atoms with E-state index in [0.717, 1.165) is 31.2 Å². The van der Waals surface area contributed by atoms with Crippen LogP contribution in [-0.2, 0) is 4.74 Å². The average Bonchev–Trinajstić information content (AvgIpc) is 2.91. The summed E-state index contributed by atoms with van der Waals surface area (Å²) in [5.41, 5.74) is 0. The quantitative estimate of drug-likeness (QED) is 0.764. The number of rotatable bonds is 3. The summed E-state index contributed by atoms with van der Waals surface area (Å²) >= 11 is 0. The van der Waals surface area contributed by atoms with Crippen LogP contribution in [0.25, 0.3) is 0 Å². The van der Waals surface area contributed by atoms with Gasteiger partial charge in [0.1, 0.15) is 0 Å². The van der Waals surface area contributed by atoms with Crippen LogP contribution in [-0.4, -0.2) is 61.3 Å². The smallest absolute Gasteiger partial charge is 0.0507 e. The highest BCUT2D eigenvalue weighted by molar-refractivity contribution is 4.91. The molecule has 0 N–H and O–H groups in total. The zero-order valence-electron chi connectivity index (χ0n) is 11.8. The van der Waals surface area contributed by atoms with E-state index >= 15 is 0 Å². The van der Waals surface area contributed by atoms with Crippen LogP contribution in [0.5, 0.6) is 0 Å². The predicted octanol–water partition coefficient (Wildman–Crippen LogP) is 1.97. The first-order valence-corrected chi connectivity index (χ1v) is 7.92. The molecule has 0 aromatic carbocycles. The standard InChI is InChI=1S/C15H28N2O/c1-2-14-10-16-7-4-3-5-15(16)11-17(14)9-13-6-8-18-12-13/h13-15H,2-12H2,1H3. The largest absolute Gasteiger partial charge is 0.381 e. The van der Waals surface area contributed by atoms with Crippen molar-refractivity contribution in [3.63, 3.8) is 0 Å². The Kier molecular flexibility index (Phi) is 4.22. The van der Waals surface area contributed by atoms with Gasteiger partial charge in [-0.3, -0.25) is 9.80 Å². The normalized spacial score (nSPS) is 38.8. The SMILES string of the molecule is CCC1CN2CCCCC2CN1CC1CCOC1. The highest BCUT2D eigenvalue weighted by atomic mass is 16.5. The van der Waals surface area contributed by atoms with E-state index < -0.39 is 0 Å². The number of fused-ring (bicyclic) bond motifs is 1. The molecule has 0 radical (unpaired) electrons. The molecule has 0 spiro atoms. The topological polar surface area (TPSA) is 15.7 Å². The van der Waals surface area contributed by atoms with Gasteiger partial charge in [-0.05, 0) is 38.1 Å². The van der Waals surface area contributed by atoms with Crippen molar-refractivity contribution in [3.8, 4) is 0 Å². The van der Waals surface area contributed by atoms with E-state index in [0.29, 0.717) is 0 Å². The minimum atomic E-state index is 0.792. The van der Waals surface area contributed by atoms with Gasteiger partial charge >= 0.3 is 0 Å². The Balaban J connectivity index is 1.60. The Bertz CT molecular complexity index is 265. The maximum Gasteiger partial charge on any atom is 0.0507 e. The Morgan fingerprint density at radius 1 is 1.17 bits per heavy atom. The molecule has 3 nitrogen and oxygen atoms in total. The minimum absolute atomic E-state index is 0.792. The minimum Gasteiger partial charge on any atom is -0.381 e. The third kappa shape index (κ3) is 2.73. The van der Waals surface area contributed by atoms with E-state index in [-0.39, 0.29) is 0 Å². The molecule has 3 heterocycles. The number of piperidine rings is 1. The molecular weight excluding hydrogens is 224 g/mol. The molecule has 3 fully saturated rings. The number of hydrogen-bond acceptors (Lipinski definition) is 3. The number of piperazine rings is 1. The molecule has 3 unspecified atom stereocenters. The van der Waals surface area contributed by atoms with Crippen LogP contribution in [0.1, 0.15) is 39.0 Å². The summed E-state index contributed by atoms with van der Waals surface area (Å²) in [5, 5.41) is 0. The molecule has 3 rings (SSSR count). The second kappa shape index (κ2) is 5.89. The highest BCUT2D eigenvalue weighted by Gasteiger charge is 2.35. The Labute approximate surface area is 111 Å². The summed E-state index contributed by atoms with van der Waals surface area (Å²) in [4.78, 5) is 5.55. The first-order valence-electron chi connectivity index (χ1n) is 7.92. The van der Waals surface area contributed by atoms with Crippen molar-refractivity contribution in [1.29, 1.82) is 0 Å². The van der Waals surface area contributed by atoms with Crippen LogP contribution in [0.3, 0.4) is 0 Å². The van der Waals surface area contributed by atoms with E-state index in [4.69, 9.17) is 4.74 Å². The monoisotopic (exact) mass is 252 g/mol. The molecule has 18 heavy (non-hydrogen) atoms. The summed E-state index contributed by atoms with van der Waals surface area (Å²) in [6.45, 7) is 9.60. The number of ether oxygens (including phenoxy) is 1. The van der Waals surface area contributed by atoms with Gasteiger partial charge in [0.2, 0.25) is 0 Å². The lowest BCUT2D eigenvalue weighted by Gasteiger charge is -2.49. The average molecular weight is 252 g/mol. The first-order chi connectivity index (χ1) is 8.86. The van der Waals surface area contributed by atoms with Crippen molar-refractivity contribution in [3.05, 3.63) is 0 Å². The highest BCUT2D eigenvalue weighted by Crippen LogP contribution is 2.27. The fraction of sp³-hybridized carbons (Fsp3) is 1.00. The molecular formula is C15H28N2O. The molecule has 0 saturated carbocycles. The zero-order valence-corrected chi connectivity index (χ0v) is 11.8. The van der Waals surface area contributed by atoms with Gasteiger partial charge in [-0.25, -0.2) is 0 Å². The van der Waals surface area contributed by atoms with Gasteiger partial charge in [-0.2, -0.15) is 0 Å². The Hall–Kier alpha value is -0.120. The van der Waals surface area contributed by atoms with Crippen molar-refractivity contribution in [2.45, 2.75) is 51.1 Å². The van der Waals surface area contributed by atoms with Crippen molar-refractivity contribution in [2.75, 3.05) is 39.4 Å². The Morgan fingerprint density at radius 3 is 2.89 bits per heavy atom. The maximum absolute atomic E-state index is 5.54. The van der Waals surface area contributed by atoms with E-state index in [9.17, 15) is 0 Å². The number of nitrogens with zero attached hydrogens (tertiary/aromatic N) is 2. The van der Waals surface area contributed by atoms with E-state index in [1.54, 1.807) is 0 Å². The van der Waals surface area contributed by atoms with Crippen molar-refractivity contribution < 1.29 is 4.74 Å². The molecule has 3 aliphatic heterocycles. The third-order valence-electron chi connectivity index (χ3n) is 5.14. The van der Waals surface area contributed by atoms with Gasteiger partial charge in [0, 0.05) is 38.3 Å². The molecule has 0 amide bonds. The molecule has 0 aliphatic carbocycles. The molecule has 0 aromatic rings. The first kappa shape index (κ1) is 12.9. The van der Waals surface area contributed by atoms with Crippen LogP contribution < -0.4 is 0 Å². The molecule has 0 bridgehead atoms. The summed E-state index contributed by atoms with van der Waals surface area (Å²) < 4.78 is 5.54. The molecule has 3 aliphatic rings. The van der Waals surface area contributed by atoms with Crippen LogP contribution >= 0.6 is 0 Å². The van der Waals surface area contributed by atoms with Gasteiger partial charge < -0.3 is 4.74 Å². The van der Waals surface area contributed by atoms with Crippen molar-refractivity contribution >= 4 is 0 Å². The third-order valence-corrected chi connectivity index (χ3v) is 5.14. The van der Waals surface area contributed by atoms with Gasteiger partial charge in [0.05, 0.1) is 6.61 Å². The van der Waals surface area contributed by atoms with Crippen molar-refractivity contribution in [2.24, 2.45) is 5.92 Å². The Morgan fingerprint density at radius 2 is 2.11 bits per heavy atom. The van der Waals surface area contributed by atoms with E-state index in [1.165, 1.54) is 58.3 Å². The molecule has 3 heteroatoms. The molecule has 3 atom stereocenters. The predicted molar refractivity (Wildman–Crippen MR) is 73.8 cm³/mol. The second-order valence-corrected chi connectivity index (χ2v) is 6.39. The second-order valence-electron chi connectivity index (χ2n) is 6.39. The lowest BCUT2D eigenvalue weighted by atomic mass is 9.94. The summed E-state index contributed by atoms with van der Waals surface area (Å²) in [5.74, 6) is 0.800. The van der Waals surface area contributed by atoms with Crippen LogP contribution in [0.15, 0.2) is 0 Å². The van der Waals surface area contributed by atoms with Gasteiger partial charge in [-0.1, -0.05) is 13.3 Å². The van der Waals surface area contributed by atoms with Crippen LogP contribution in [0.4, 0.5) is 0 Å². The molecule has 0 aromatic heterocycles. The van der Waals surface area contributed by atoms with Gasteiger partial charge in [0.15, 0.2) is 0 Å².